The maximum absolute atomic E-state index is 12.4. The van der Waals surface area contributed by atoms with Gasteiger partial charge in [-0.3, -0.25) is 9.59 Å². The maximum Gasteiger partial charge on any atom is 0.253 e. The van der Waals surface area contributed by atoms with Crippen molar-refractivity contribution >= 4 is 23.4 Å². The molecule has 0 saturated carbocycles. The van der Waals surface area contributed by atoms with Gasteiger partial charge >= 0.3 is 0 Å². The van der Waals surface area contributed by atoms with Gasteiger partial charge in [-0.05, 0) is 37.5 Å². The van der Waals surface area contributed by atoms with Gasteiger partial charge in [0, 0.05) is 36.1 Å². The zero-order chi connectivity index (χ0) is 15.2. The molecule has 0 atom stereocenters. The normalized spacial score (nSPS) is 15.8. The van der Waals surface area contributed by atoms with Gasteiger partial charge in [0.2, 0.25) is 5.91 Å². The summed E-state index contributed by atoms with van der Waals surface area (Å²) >= 11 is 5.92. The molecule has 2 rings (SSSR count). The predicted octanol–water partition coefficient (Wildman–Crippen LogP) is 2.72. The lowest BCUT2D eigenvalue weighted by molar-refractivity contribution is -0.126. The molecule has 21 heavy (non-hydrogen) atoms. The molecule has 0 unspecified atom stereocenters. The van der Waals surface area contributed by atoms with Crippen LogP contribution in [0.3, 0.4) is 0 Å². The summed E-state index contributed by atoms with van der Waals surface area (Å²) in [4.78, 5) is 26.1. The van der Waals surface area contributed by atoms with Crippen molar-refractivity contribution in [3.05, 3.63) is 34.9 Å². The smallest absolute Gasteiger partial charge is 0.253 e. The Balaban J connectivity index is 1.89. The average molecular weight is 309 g/mol. The molecule has 5 heteroatoms. The second-order valence-electron chi connectivity index (χ2n) is 5.37. The number of nitrogens with zero attached hydrogens (tertiary/aromatic N) is 1. The molecule has 1 heterocycles. The molecule has 1 aromatic rings. The van der Waals surface area contributed by atoms with Crippen molar-refractivity contribution in [2.75, 3.05) is 19.6 Å². The van der Waals surface area contributed by atoms with Gasteiger partial charge in [-0.15, -0.1) is 0 Å². The minimum absolute atomic E-state index is 0.00934. The largest absolute Gasteiger partial charge is 0.356 e. The molecule has 1 aliphatic heterocycles. The summed E-state index contributed by atoms with van der Waals surface area (Å²) in [5.74, 6) is 0.136. The number of hydrogen-bond acceptors (Lipinski definition) is 2. The van der Waals surface area contributed by atoms with Crippen LogP contribution in [0, 0.1) is 5.92 Å². The van der Waals surface area contributed by atoms with Crippen LogP contribution in [0.4, 0.5) is 0 Å². The highest BCUT2D eigenvalue weighted by molar-refractivity contribution is 6.30. The number of likely N-dealkylation sites (tertiary alicyclic amines) is 1. The van der Waals surface area contributed by atoms with Gasteiger partial charge in [0.15, 0.2) is 0 Å². The standard InChI is InChI=1S/C16H21ClN2O2/c1-2-8-18-15(20)12-6-9-19(10-7-12)16(21)13-4-3-5-14(17)11-13/h3-5,11-12H,2,6-10H2,1H3,(H,18,20). The fourth-order valence-electron chi connectivity index (χ4n) is 2.54. The molecule has 1 aliphatic rings. The van der Waals surface area contributed by atoms with Gasteiger partial charge in [-0.2, -0.15) is 0 Å². The molecular formula is C16H21ClN2O2. The number of hydrogen-bond donors (Lipinski definition) is 1. The van der Waals surface area contributed by atoms with E-state index in [0.717, 1.165) is 25.8 Å². The van der Waals surface area contributed by atoms with E-state index >= 15 is 0 Å². The van der Waals surface area contributed by atoms with Crippen LogP contribution in [0.15, 0.2) is 24.3 Å². The Morgan fingerprint density at radius 2 is 2.05 bits per heavy atom. The molecule has 1 N–H and O–H groups in total. The highest BCUT2D eigenvalue weighted by atomic mass is 35.5. The Morgan fingerprint density at radius 1 is 1.33 bits per heavy atom. The van der Waals surface area contributed by atoms with Crippen molar-refractivity contribution < 1.29 is 9.59 Å². The molecule has 0 aromatic heterocycles. The summed E-state index contributed by atoms with van der Waals surface area (Å²) in [6.07, 6.45) is 2.39. The minimum atomic E-state index is -0.00934. The summed E-state index contributed by atoms with van der Waals surface area (Å²) in [6, 6.07) is 6.99. The fourth-order valence-corrected chi connectivity index (χ4v) is 2.73. The van der Waals surface area contributed by atoms with E-state index in [4.69, 9.17) is 11.6 Å². The first kappa shape index (κ1) is 15.8. The first-order valence-electron chi connectivity index (χ1n) is 7.44. The highest BCUT2D eigenvalue weighted by Gasteiger charge is 2.27. The predicted molar refractivity (Wildman–Crippen MR) is 83.4 cm³/mol. The number of rotatable bonds is 4. The van der Waals surface area contributed by atoms with E-state index in [1.807, 2.05) is 6.92 Å². The van der Waals surface area contributed by atoms with Crippen LogP contribution in [-0.2, 0) is 4.79 Å². The number of benzene rings is 1. The fraction of sp³-hybridized carbons (Fsp3) is 0.500. The number of nitrogens with one attached hydrogen (secondary N) is 1. The number of carbonyl (C=O) groups is 2. The van der Waals surface area contributed by atoms with Gasteiger partial charge in [0.25, 0.3) is 5.91 Å². The van der Waals surface area contributed by atoms with Gasteiger partial charge in [0.1, 0.15) is 0 Å². The molecule has 0 spiro atoms. The summed E-state index contributed by atoms with van der Waals surface area (Å²) < 4.78 is 0. The van der Waals surface area contributed by atoms with Crippen molar-refractivity contribution in [3.63, 3.8) is 0 Å². The lowest BCUT2D eigenvalue weighted by Gasteiger charge is -2.31. The molecule has 4 nitrogen and oxygen atoms in total. The number of halogens is 1. The molecular weight excluding hydrogens is 288 g/mol. The van der Waals surface area contributed by atoms with E-state index < -0.39 is 0 Å². The summed E-state index contributed by atoms with van der Waals surface area (Å²) in [5, 5.41) is 3.49. The van der Waals surface area contributed by atoms with Crippen LogP contribution in [0.1, 0.15) is 36.5 Å². The number of carbonyl (C=O) groups excluding carboxylic acids is 2. The van der Waals surface area contributed by atoms with Crippen molar-refractivity contribution in [1.82, 2.24) is 10.2 Å². The Kier molecular flexibility index (Phi) is 5.62. The van der Waals surface area contributed by atoms with E-state index in [2.05, 4.69) is 5.32 Å². The van der Waals surface area contributed by atoms with E-state index in [0.29, 0.717) is 23.7 Å². The van der Waals surface area contributed by atoms with Crippen LogP contribution < -0.4 is 5.32 Å². The minimum Gasteiger partial charge on any atom is -0.356 e. The Bertz CT molecular complexity index is 511. The number of amides is 2. The third-order valence-electron chi connectivity index (χ3n) is 3.77. The topological polar surface area (TPSA) is 49.4 Å². The number of piperidine rings is 1. The van der Waals surface area contributed by atoms with E-state index in [9.17, 15) is 9.59 Å². The van der Waals surface area contributed by atoms with Crippen molar-refractivity contribution in [3.8, 4) is 0 Å². The van der Waals surface area contributed by atoms with Crippen molar-refractivity contribution in [2.45, 2.75) is 26.2 Å². The van der Waals surface area contributed by atoms with Crippen molar-refractivity contribution in [2.24, 2.45) is 5.92 Å². The molecule has 114 valence electrons. The maximum atomic E-state index is 12.4. The highest BCUT2D eigenvalue weighted by Crippen LogP contribution is 2.20. The SMILES string of the molecule is CCCNC(=O)C1CCN(C(=O)c2cccc(Cl)c2)CC1. The van der Waals surface area contributed by atoms with E-state index in [-0.39, 0.29) is 17.7 Å². The van der Waals surface area contributed by atoms with Crippen LogP contribution in [-0.4, -0.2) is 36.3 Å². The van der Waals surface area contributed by atoms with Crippen LogP contribution in [0.2, 0.25) is 5.02 Å². The monoisotopic (exact) mass is 308 g/mol. The van der Waals surface area contributed by atoms with E-state index in [1.165, 1.54) is 0 Å². The quantitative estimate of drug-likeness (QED) is 0.930. The first-order valence-corrected chi connectivity index (χ1v) is 7.82. The second kappa shape index (κ2) is 7.46. The molecule has 0 radical (unpaired) electrons. The summed E-state index contributed by atoms with van der Waals surface area (Å²) in [5.41, 5.74) is 0.608. The molecule has 1 aromatic carbocycles. The molecule has 2 amide bonds. The second-order valence-corrected chi connectivity index (χ2v) is 5.80. The van der Waals surface area contributed by atoms with E-state index in [1.54, 1.807) is 29.2 Å². The Morgan fingerprint density at radius 3 is 2.67 bits per heavy atom. The summed E-state index contributed by atoms with van der Waals surface area (Å²) in [7, 11) is 0. The molecule has 0 bridgehead atoms. The molecule has 1 fully saturated rings. The van der Waals surface area contributed by atoms with Crippen molar-refractivity contribution in [1.29, 1.82) is 0 Å². The van der Waals surface area contributed by atoms with Gasteiger partial charge < -0.3 is 10.2 Å². The zero-order valence-electron chi connectivity index (χ0n) is 12.3. The molecule has 1 saturated heterocycles. The van der Waals surface area contributed by atoms with Crippen LogP contribution in [0.5, 0.6) is 0 Å². The first-order chi connectivity index (χ1) is 10.1. The third-order valence-corrected chi connectivity index (χ3v) is 4.01. The Labute approximate surface area is 130 Å². The van der Waals surface area contributed by atoms with Crippen LogP contribution in [0.25, 0.3) is 0 Å². The lowest BCUT2D eigenvalue weighted by atomic mass is 9.95. The van der Waals surface area contributed by atoms with Gasteiger partial charge in [0.05, 0.1) is 0 Å². The molecule has 0 aliphatic carbocycles. The zero-order valence-corrected chi connectivity index (χ0v) is 13.0. The van der Waals surface area contributed by atoms with Gasteiger partial charge in [-0.25, -0.2) is 0 Å². The summed E-state index contributed by atoms with van der Waals surface area (Å²) in [6.45, 7) is 4.00. The van der Waals surface area contributed by atoms with Gasteiger partial charge in [-0.1, -0.05) is 24.6 Å². The Hall–Kier alpha value is -1.55. The third kappa shape index (κ3) is 4.21. The average Bonchev–Trinajstić information content (AvgIpc) is 2.52. The lowest BCUT2D eigenvalue weighted by Crippen LogP contribution is -2.43. The van der Waals surface area contributed by atoms with Crippen LogP contribution >= 0.6 is 11.6 Å².